The van der Waals surface area contributed by atoms with Crippen LogP contribution in [0.1, 0.15) is 0 Å². The maximum Gasteiger partial charge on any atom is 0.236 e. The Morgan fingerprint density at radius 3 is 1.40 bits per heavy atom. The third-order valence-electron chi connectivity index (χ3n) is 11.7. The van der Waals surface area contributed by atoms with Gasteiger partial charge in [0.25, 0.3) is 0 Å². The van der Waals surface area contributed by atoms with Crippen LogP contribution < -0.4 is 0 Å². The molecule has 9 aromatic carbocycles. The van der Waals surface area contributed by atoms with Crippen LogP contribution in [0.2, 0.25) is 0 Å². The fourth-order valence-electron chi connectivity index (χ4n) is 9.17. The minimum Gasteiger partial charge on any atom is -0.454 e. The summed E-state index contributed by atoms with van der Waals surface area (Å²) in [7, 11) is 0. The average molecular weight is 728 g/mol. The predicted molar refractivity (Wildman–Crippen MR) is 233 cm³/mol. The fraction of sp³-hybridized carbons (Fsp3) is 0. The van der Waals surface area contributed by atoms with Crippen LogP contribution in [-0.2, 0) is 0 Å². The summed E-state index contributed by atoms with van der Waals surface area (Å²) in [5, 5.41) is 9.68. The summed E-state index contributed by atoms with van der Waals surface area (Å²) in [5.74, 6) is 0.551. The summed E-state index contributed by atoms with van der Waals surface area (Å²) in [4.78, 5) is 11.0. The second-order valence-corrected chi connectivity index (χ2v) is 14.9. The molecule has 5 nitrogen and oxygen atoms in total. The van der Waals surface area contributed by atoms with Crippen LogP contribution in [0.4, 0.5) is 0 Å². The van der Waals surface area contributed by atoms with Crippen LogP contribution in [0, 0.1) is 0 Å². The van der Waals surface area contributed by atoms with E-state index in [1.54, 1.807) is 0 Å². The van der Waals surface area contributed by atoms with Crippen molar-refractivity contribution in [2.24, 2.45) is 0 Å². The SMILES string of the molecule is c1ccc(-c2cc(-c3ccccc3)cc(-c3nc(-n4c5c6oc7ccccc7c6cc6ccc7cc8c9ccccc9oc8c4c7c65)nc4ccccc34)c2)cc1. The molecule has 0 unspecified atom stereocenters. The maximum atomic E-state index is 6.85. The van der Waals surface area contributed by atoms with Crippen molar-refractivity contribution in [1.82, 2.24) is 14.5 Å². The Bertz CT molecular complexity index is 3540. The molecule has 0 aliphatic heterocycles. The molecule has 0 aliphatic rings. The second-order valence-electron chi connectivity index (χ2n) is 14.9. The second kappa shape index (κ2) is 11.4. The van der Waals surface area contributed by atoms with E-state index >= 15 is 0 Å². The van der Waals surface area contributed by atoms with Gasteiger partial charge in [-0.25, -0.2) is 9.97 Å². The zero-order valence-electron chi connectivity index (χ0n) is 30.4. The van der Waals surface area contributed by atoms with Gasteiger partial charge in [-0.05, 0) is 81.6 Å². The number of hydrogen-bond donors (Lipinski definition) is 0. The molecule has 0 spiro atoms. The molecule has 0 saturated heterocycles. The molecule has 0 N–H and O–H groups in total. The molecule has 4 heterocycles. The van der Waals surface area contributed by atoms with Gasteiger partial charge in [-0.2, -0.15) is 0 Å². The first-order valence-corrected chi connectivity index (χ1v) is 19.2. The number of rotatable bonds is 4. The van der Waals surface area contributed by atoms with E-state index in [0.29, 0.717) is 5.95 Å². The van der Waals surface area contributed by atoms with Gasteiger partial charge < -0.3 is 8.83 Å². The van der Waals surface area contributed by atoms with Crippen molar-refractivity contribution in [2.75, 3.05) is 0 Å². The quantitative estimate of drug-likeness (QED) is 0.169. The lowest BCUT2D eigenvalue weighted by molar-refractivity contribution is 0.668. The summed E-state index contributed by atoms with van der Waals surface area (Å²) in [6, 6.07) is 61.8. The summed E-state index contributed by atoms with van der Waals surface area (Å²) in [6.07, 6.45) is 0. The number of furan rings is 2. The Hall–Kier alpha value is -7.76. The standard InChI is InChI=1S/C52H29N3O2/c1-3-13-30(14-4-1)34-25-35(31-15-5-2-6-16-31)27-36(26-34)47-39-19-7-10-20-42(39)53-52(54-47)55-48-45-32(28-40-37-17-8-11-21-43(37)56-50(40)48)23-24-33-29-41-38-18-9-12-22-44(38)57-51(41)49(55)46(33)45/h1-29H. The lowest BCUT2D eigenvalue weighted by atomic mass is 9.94. The molecule has 0 amide bonds. The zero-order valence-corrected chi connectivity index (χ0v) is 30.4. The minimum atomic E-state index is 0.551. The highest BCUT2D eigenvalue weighted by Crippen LogP contribution is 2.48. The van der Waals surface area contributed by atoms with E-state index in [-0.39, 0.29) is 0 Å². The molecular weight excluding hydrogens is 699 g/mol. The van der Waals surface area contributed by atoms with Gasteiger partial charge in [0.1, 0.15) is 22.2 Å². The molecule has 0 aliphatic carbocycles. The molecule has 13 aromatic rings. The van der Waals surface area contributed by atoms with Crippen molar-refractivity contribution in [3.8, 4) is 39.5 Å². The monoisotopic (exact) mass is 727 g/mol. The van der Waals surface area contributed by atoms with E-state index in [4.69, 9.17) is 18.8 Å². The summed E-state index contributed by atoms with van der Waals surface area (Å²) < 4.78 is 15.9. The molecular formula is C52H29N3O2. The smallest absolute Gasteiger partial charge is 0.236 e. The number of fused-ring (bicyclic) bond motifs is 9. The van der Waals surface area contributed by atoms with Crippen LogP contribution in [0.15, 0.2) is 185 Å². The Kier molecular flexibility index (Phi) is 6.10. The molecule has 57 heavy (non-hydrogen) atoms. The molecule has 0 fully saturated rings. The van der Waals surface area contributed by atoms with E-state index in [1.165, 1.54) is 0 Å². The van der Waals surface area contributed by atoms with Crippen molar-refractivity contribution in [1.29, 1.82) is 0 Å². The van der Waals surface area contributed by atoms with E-state index in [2.05, 4.69) is 150 Å². The van der Waals surface area contributed by atoms with Gasteiger partial charge >= 0.3 is 0 Å². The highest BCUT2D eigenvalue weighted by molar-refractivity contribution is 6.35. The fourth-order valence-corrected chi connectivity index (χ4v) is 9.17. The third-order valence-corrected chi connectivity index (χ3v) is 11.7. The Labute approximate surface area is 325 Å². The van der Waals surface area contributed by atoms with Crippen LogP contribution in [-0.4, -0.2) is 14.5 Å². The molecule has 0 bridgehead atoms. The zero-order chi connectivity index (χ0) is 37.2. The van der Waals surface area contributed by atoms with Gasteiger partial charge in [-0.15, -0.1) is 0 Å². The van der Waals surface area contributed by atoms with Crippen molar-refractivity contribution < 1.29 is 8.83 Å². The summed E-state index contributed by atoms with van der Waals surface area (Å²) in [6.45, 7) is 0. The number of nitrogens with zero attached hydrogens (tertiary/aromatic N) is 3. The van der Waals surface area contributed by atoms with Gasteiger partial charge in [0.05, 0.1) is 11.2 Å². The number of hydrogen-bond acceptors (Lipinski definition) is 4. The minimum absolute atomic E-state index is 0.551. The van der Waals surface area contributed by atoms with E-state index in [9.17, 15) is 0 Å². The molecule has 0 atom stereocenters. The molecule has 264 valence electrons. The summed E-state index contributed by atoms with van der Waals surface area (Å²) >= 11 is 0. The maximum absolute atomic E-state index is 6.85. The van der Waals surface area contributed by atoms with Crippen LogP contribution in [0.5, 0.6) is 0 Å². The Morgan fingerprint density at radius 1 is 0.368 bits per heavy atom. The summed E-state index contributed by atoms with van der Waals surface area (Å²) in [5.41, 5.74) is 12.4. The van der Waals surface area contributed by atoms with Gasteiger partial charge in [-0.3, -0.25) is 4.57 Å². The van der Waals surface area contributed by atoms with Crippen LogP contribution in [0.25, 0.3) is 127 Å². The topological polar surface area (TPSA) is 57.0 Å². The van der Waals surface area contributed by atoms with Crippen LogP contribution >= 0.6 is 0 Å². The predicted octanol–water partition coefficient (Wildman–Crippen LogP) is 14.1. The first-order valence-electron chi connectivity index (χ1n) is 19.2. The largest absolute Gasteiger partial charge is 0.454 e. The first kappa shape index (κ1) is 30.6. The normalized spacial score (nSPS) is 12.2. The Balaban J connectivity index is 1.21. The van der Waals surface area contributed by atoms with Gasteiger partial charge in [0.2, 0.25) is 5.95 Å². The molecule has 5 heteroatoms. The first-order chi connectivity index (χ1) is 28.2. The number of benzene rings is 9. The highest BCUT2D eigenvalue weighted by Gasteiger charge is 2.28. The third kappa shape index (κ3) is 4.34. The van der Waals surface area contributed by atoms with Crippen molar-refractivity contribution in [3.05, 3.63) is 176 Å². The van der Waals surface area contributed by atoms with E-state index in [1.807, 2.05) is 30.3 Å². The van der Waals surface area contributed by atoms with Crippen LogP contribution in [0.3, 0.4) is 0 Å². The Morgan fingerprint density at radius 2 is 0.842 bits per heavy atom. The van der Waals surface area contributed by atoms with Crippen molar-refractivity contribution in [3.63, 3.8) is 0 Å². The van der Waals surface area contributed by atoms with Gasteiger partial charge in [-0.1, -0.05) is 127 Å². The lowest BCUT2D eigenvalue weighted by Crippen LogP contribution is -2.04. The van der Waals surface area contributed by atoms with E-state index in [0.717, 1.165) is 121 Å². The highest BCUT2D eigenvalue weighted by atomic mass is 16.3. The molecule has 13 rings (SSSR count). The number of aromatic nitrogens is 3. The van der Waals surface area contributed by atoms with Crippen molar-refractivity contribution >= 4 is 87.4 Å². The number of para-hydroxylation sites is 3. The van der Waals surface area contributed by atoms with Gasteiger partial charge in [0.15, 0.2) is 11.2 Å². The molecule has 0 radical (unpaired) electrons. The molecule has 0 saturated carbocycles. The average Bonchev–Trinajstić information content (AvgIpc) is 3.96. The van der Waals surface area contributed by atoms with E-state index < -0.39 is 0 Å². The van der Waals surface area contributed by atoms with Gasteiger partial charge in [0, 0.05) is 43.3 Å². The lowest BCUT2D eigenvalue weighted by Gasteiger charge is -2.14. The van der Waals surface area contributed by atoms with Crippen molar-refractivity contribution in [2.45, 2.75) is 0 Å². The molecule has 4 aromatic heterocycles.